The summed E-state index contributed by atoms with van der Waals surface area (Å²) in [5.74, 6) is 0.893. The molecule has 0 aliphatic heterocycles. The number of nitrogens with one attached hydrogen (secondary N) is 1. The molecular weight excluding hydrogens is 224 g/mol. The van der Waals surface area contributed by atoms with Crippen LogP contribution in [0.4, 0.5) is 0 Å². The minimum absolute atomic E-state index is 0.416. The molecule has 4 nitrogen and oxygen atoms in total. The number of nitrogens with zero attached hydrogens (tertiary/aromatic N) is 3. The summed E-state index contributed by atoms with van der Waals surface area (Å²) in [5.41, 5.74) is 2.07. The first-order chi connectivity index (χ1) is 8.43. The lowest BCUT2D eigenvalue weighted by Gasteiger charge is -2.43. The molecule has 1 aromatic rings. The fourth-order valence-corrected chi connectivity index (χ4v) is 4.49. The van der Waals surface area contributed by atoms with Gasteiger partial charge in [-0.3, -0.25) is 4.68 Å². The van der Waals surface area contributed by atoms with Crippen LogP contribution in [-0.2, 0) is 13.6 Å². The van der Waals surface area contributed by atoms with Gasteiger partial charge in [0.1, 0.15) is 0 Å². The summed E-state index contributed by atoms with van der Waals surface area (Å²) in [6.07, 6.45) is 6.04. The second kappa shape index (κ2) is 3.80. The van der Waals surface area contributed by atoms with E-state index in [9.17, 15) is 0 Å². The SMILES string of the molecule is Cn1nncc1CNC1C2(C)CCC(C2)C1(C)C. The molecule has 0 saturated heterocycles. The number of hydrogen-bond donors (Lipinski definition) is 1. The summed E-state index contributed by atoms with van der Waals surface area (Å²) < 4.78 is 1.86. The molecule has 0 aromatic carbocycles. The second-order valence-electron chi connectivity index (χ2n) is 7.08. The van der Waals surface area contributed by atoms with Crippen molar-refractivity contribution in [2.24, 2.45) is 23.8 Å². The van der Waals surface area contributed by atoms with Crippen molar-refractivity contribution in [3.8, 4) is 0 Å². The summed E-state index contributed by atoms with van der Waals surface area (Å²) in [6.45, 7) is 8.20. The van der Waals surface area contributed by atoms with Gasteiger partial charge in [-0.25, -0.2) is 0 Å². The monoisotopic (exact) mass is 248 g/mol. The molecule has 0 spiro atoms. The van der Waals surface area contributed by atoms with E-state index in [1.165, 1.54) is 19.3 Å². The van der Waals surface area contributed by atoms with Crippen molar-refractivity contribution in [3.05, 3.63) is 11.9 Å². The molecule has 3 rings (SSSR count). The lowest BCUT2D eigenvalue weighted by molar-refractivity contribution is 0.107. The summed E-state index contributed by atoms with van der Waals surface area (Å²) in [6, 6.07) is 0.610. The van der Waals surface area contributed by atoms with E-state index in [4.69, 9.17) is 0 Å². The molecule has 100 valence electrons. The first-order valence-corrected chi connectivity index (χ1v) is 7.00. The third-order valence-electron chi connectivity index (χ3n) is 5.57. The Morgan fingerprint density at radius 3 is 2.78 bits per heavy atom. The summed E-state index contributed by atoms with van der Waals surface area (Å²) >= 11 is 0. The summed E-state index contributed by atoms with van der Waals surface area (Å²) in [4.78, 5) is 0. The summed E-state index contributed by atoms with van der Waals surface area (Å²) in [5, 5.41) is 11.7. The zero-order chi connectivity index (χ0) is 13.0. The molecule has 2 bridgehead atoms. The third kappa shape index (κ3) is 1.62. The van der Waals surface area contributed by atoms with Crippen LogP contribution in [0.5, 0.6) is 0 Å². The average Bonchev–Trinajstić information content (AvgIpc) is 2.90. The number of hydrogen-bond acceptors (Lipinski definition) is 3. The Kier molecular flexibility index (Phi) is 2.56. The van der Waals surface area contributed by atoms with Crippen LogP contribution in [-0.4, -0.2) is 21.0 Å². The molecule has 3 unspecified atom stereocenters. The van der Waals surface area contributed by atoms with E-state index < -0.39 is 0 Å². The summed E-state index contributed by atoms with van der Waals surface area (Å²) in [7, 11) is 1.96. The highest BCUT2D eigenvalue weighted by molar-refractivity contribution is 5.12. The normalized spacial score (nSPS) is 37.3. The van der Waals surface area contributed by atoms with Gasteiger partial charge in [-0.15, -0.1) is 5.10 Å². The molecule has 1 aromatic heterocycles. The number of fused-ring (bicyclic) bond motifs is 2. The predicted octanol–water partition coefficient (Wildman–Crippen LogP) is 2.12. The first kappa shape index (κ1) is 12.2. The van der Waals surface area contributed by atoms with Crippen molar-refractivity contribution >= 4 is 0 Å². The van der Waals surface area contributed by atoms with Crippen molar-refractivity contribution in [2.75, 3.05) is 0 Å². The molecule has 2 fully saturated rings. The zero-order valence-corrected chi connectivity index (χ0v) is 11.9. The van der Waals surface area contributed by atoms with E-state index >= 15 is 0 Å². The molecule has 1 N–H and O–H groups in total. The van der Waals surface area contributed by atoms with Gasteiger partial charge in [-0.1, -0.05) is 26.0 Å². The minimum Gasteiger partial charge on any atom is -0.307 e. The molecule has 1 heterocycles. The standard InChI is InChI=1S/C14H24N4/c1-13(2)10-5-6-14(3,7-10)12(13)15-8-11-9-16-17-18(11)4/h9-10,12,15H,5-8H2,1-4H3. The largest absolute Gasteiger partial charge is 0.307 e. The predicted molar refractivity (Wildman–Crippen MR) is 70.9 cm³/mol. The van der Waals surface area contributed by atoms with E-state index in [-0.39, 0.29) is 0 Å². The zero-order valence-electron chi connectivity index (χ0n) is 11.9. The fraction of sp³-hybridized carbons (Fsp3) is 0.857. The van der Waals surface area contributed by atoms with Crippen LogP contribution in [0.3, 0.4) is 0 Å². The lowest BCUT2D eigenvalue weighted by atomic mass is 9.68. The smallest absolute Gasteiger partial charge is 0.0738 e. The van der Waals surface area contributed by atoms with E-state index in [1.54, 1.807) is 0 Å². The van der Waals surface area contributed by atoms with Crippen molar-refractivity contribution in [1.82, 2.24) is 20.3 Å². The van der Waals surface area contributed by atoms with Crippen LogP contribution in [0.2, 0.25) is 0 Å². The Labute approximate surface area is 109 Å². The Morgan fingerprint density at radius 2 is 2.22 bits per heavy atom. The molecular formula is C14H24N4. The fourth-order valence-electron chi connectivity index (χ4n) is 4.49. The highest BCUT2D eigenvalue weighted by Crippen LogP contribution is 2.62. The highest BCUT2D eigenvalue weighted by Gasteiger charge is 2.58. The Balaban J connectivity index is 1.74. The van der Waals surface area contributed by atoms with Crippen molar-refractivity contribution in [2.45, 2.75) is 52.6 Å². The van der Waals surface area contributed by atoms with Crippen LogP contribution >= 0.6 is 0 Å². The molecule has 3 atom stereocenters. The molecule has 4 heteroatoms. The van der Waals surface area contributed by atoms with Gasteiger partial charge in [0.2, 0.25) is 0 Å². The quantitative estimate of drug-likeness (QED) is 0.891. The maximum Gasteiger partial charge on any atom is 0.0738 e. The topological polar surface area (TPSA) is 42.7 Å². The van der Waals surface area contributed by atoms with Crippen molar-refractivity contribution < 1.29 is 0 Å². The van der Waals surface area contributed by atoms with Gasteiger partial charge in [0, 0.05) is 19.6 Å². The molecule has 0 amide bonds. The third-order valence-corrected chi connectivity index (χ3v) is 5.57. The van der Waals surface area contributed by atoms with Crippen LogP contribution in [0.1, 0.15) is 45.7 Å². The maximum atomic E-state index is 3.99. The van der Waals surface area contributed by atoms with E-state index in [0.29, 0.717) is 16.9 Å². The molecule has 2 saturated carbocycles. The van der Waals surface area contributed by atoms with Gasteiger partial charge < -0.3 is 5.32 Å². The Hall–Kier alpha value is -0.900. The number of aromatic nitrogens is 3. The molecule has 0 radical (unpaired) electrons. The average molecular weight is 248 g/mol. The van der Waals surface area contributed by atoms with Gasteiger partial charge in [0.05, 0.1) is 11.9 Å². The number of rotatable bonds is 3. The highest BCUT2D eigenvalue weighted by atomic mass is 15.4. The Morgan fingerprint density at radius 1 is 1.44 bits per heavy atom. The van der Waals surface area contributed by atoms with Gasteiger partial charge >= 0.3 is 0 Å². The van der Waals surface area contributed by atoms with Gasteiger partial charge in [-0.2, -0.15) is 0 Å². The van der Waals surface area contributed by atoms with Crippen LogP contribution in [0, 0.1) is 16.7 Å². The van der Waals surface area contributed by atoms with Gasteiger partial charge in [-0.05, 0) is 36.0 Å². The van der Waals surface area contributed by atoms with E-state index in [0.717, 1.165) is 18.2 Å². The van der Waals surface area contributed by atoms with E-state index in [1.807, 2.05) is 17.9 Å². The first-order valence-electron chi connectivity index (χ1n) is 7.00. The van der Waals surface area contributed by atoms with E-state index in [2.05, 4.69) is 36.4 Å². The number of aryl methyl sites for hydroxylation is 1. The molecule has 18 heavy (non-hydrogen) atoms. The van der Waals surface area contributed by atoms with Crippen molar-refractivity contribution in [1.29, 1.82) is 0 Å². The molecule has 2 aliphatic rings. The van der Waals surface area contributed by atoms with Gasteiger partial charge in [0.25, 0.3) is 0 Å². The van der Waals surface area contributed by atoms with Crippen LogP contribution in [0.15, 0.2) is 6.20 Å². The lowest BCUT2D eigenvalue weighted by Crippen LogP contribution is -2.50. The van der Waals surface area contributed by atoms with Crippen LogP contribution < -0.4 is 5.32 Å². The minimum atomic E-state index is 0.416. The molecule has 2 aliphatic carbocycles. The Bertz CT molecular complexity index is 446. The van der Waals surface area contributed by atoms with Crippen molar-refractivity contribution in [3.63, 3.8) is 0 Å². The van der Waals surface area contributed by atoms with Gasteiger partial charge in [0.15, 0.2) is 0 Å². The second-order valence-corrected chi connectivity index (χ2v) is 7.08. The maximum absolute atomic E-state index is 3.99. The van der Waals surface area contributed by atoms with Crippen LogP contribution in [0.25, 0.3) is 0 Å².